The molecule has 0 aliphatic rings. The number of benzene rings is 1. The van der Waals surface area contributed by atoms with Crippen molar-refractivity contribution in [1.29, 1.82) is 0 Å². The Balaban J connectivity index is 2.36. The van der Waals surface area contributed by atoms with Crippen LogP contribution in [0.3, 0.4) is 0 Å². The van der Waals surface area contributed by atoms with Gasteiger partial charge in [-0.25, -0.2) is 9.37 Å². The number of aromatic nitrogens is 2. The fraction of sp³-hybridized carbons (Fsp3) is 0.0909. The average molecular weight is 352 g/mol. The third kappa shape index (κ3) is 3.10. The third-order valence-electron chi connectivity index (χ3n) is 1.99. The van der Waals surface area contributed by atoms with Crippen molar-refractivity contribution in [2.75, 3.05) is 0 Å². The second-order valence-electron chi connectivity index (χ2n) is 3.42. The molecule has 0 saturated heterocycles. The molecule has 0 bridgehead atoms. The van der Waals surface area contributed by atoms with Gasteiger partial charge in [0.1, 0.15) is 11.6 Å². The fourth-order valence-electron chi connectivity index (χ4n) is 1.25. The van der Waals surface area contributed by atoms with Gasteiger partial charge in [-0.1, -0.05) is 11.6 Å². The van der Waals surface area contributed by atoms with Gasteiger partial charge < -0.3 is 4.74 Å². The van der Waals surface area contributed by atoms with Crippen LogP contribution in [0.2, 0.25) is 10.3 Å². The first-order valence-corrected chi connectivity index (χ1v) is 6.34. The minimum atomic E-state index is -0.577. The van der Waals surface area contributed by atoms with Crippen LogP contribution in [-0.4, -0.2) is 9.97 Å². The summed E-state index contributed by atoms with van der Waals surface area (Å²) in [4.78, 5) is 7.78. The quantitative estimate of drug-likeness (QED) is 0.576. The van der Waals surface area contributed by atoms with E-state index < -0.39 is 5.82 Å². The number of hydrogen-bond donors (Lipinski definition) is 0. The number of ether oxygens (including phenoxy) is 1. The predicted molar refractivity (Wildman–Crippen MR) is 71.0 cm³/mol. The zero-order chi connectivity index (χ0) is 13.3. The van der Waals surface area contributed by atoms with E-state index in [9.17, 15) is 4.39 Å². The van der Waals surface area contributed by atoms with Crippen LogP contribution in [0.5, 0.6) is 11.6 Å². The van der Waals surface area contributed by atoms with Crippen LogP contribution < -0.4 is 4.74 Å². The minimum Gasteiger partial charge on any atom is -0.438 e. The largest absolute Gasteiger partial charge is 0.438 e. The molecule has 94 valence electrons. The van der Waals surface area contributed by atoms with E-state index in [1.54, 1.807) is 13.0 Å². The second kappa shape index (κ2) is 5.38. The summed E-state index contributed by atoms with van der Waals surface area (Å²) in [5, 5.41) is 0.0710. The first-order valence-electron chi connectivity index (χ1n) is 4.79. The molecule has 1 aromatic heterocycles. The Morgan fingerprint density at radius 1 is 1.22 bits per heavy atom. The van der Waals surface area contributed by atoms with E-state index >= 15 is 0 Å². The average Bonchev–Trinajstić information content (AvgIpc) is 2.24. The zero-order valence-corrected chi connectivity index (χ0v) is 12.1. The predicted octanol–water partition coefficient (Wildman–Crippen LogP) is 4.79. The van der Waals surface area contributed by atoms with Crippen molar-refractivity contribution in [3.63, 3.8) is 0 Å². The smallest absolute Gasteiger partial charge is 0.225 e. The molecule has 0 N–H and O–H groups in total. The van der Waals surface area contributed by atoms with Crippen LogP contribution in [0.15, 0.2) is 22.7 Å². The van der Waals surface area contributed by atoms with E-state index in [1.807, 2.05) is 0 Å². The molecule has 0 aliphatic heterocycles. The summed E-state index contributed by atoms with van der Waals surface area (Å²) in [5.74, 6) is -0.0901. The highest BCUT2D eigenvalue weighted by Gasteiger charge is 2.10. The van der Waals surface area contributed by atoms with Gasteiger partial charge in [0.25, 0.3) is 0 Å². The van der Waals surface area contributed by atoms with Crippen LogP contribution >= 0.6 is 39.1 Å². The lowest BCUT2D eigenvalue weighted by molar-refractivity contribution is 0.453. The van der Waals surface area contributed by atoms with Gasteiger partial charge in [0.2, 0.25) is 11.2 Å². The van der Waals surface area contributed by atoms with Gasteiger partial charge in [0.15, 0.2) is 0 Å². The maximum atomic E-state index is 13.3. The van der Waals surface area contributed by atoms with Crippen LogP contribution in [0, 0.1) is 12.7 Å². The molecule has 3 nitrogen and oxygen atoms in total. The SMILES string of the molecule is Cc1cc(Oc2cc(F)c(Cl)cc2Br)nc(Cl)n1. The Bertz CT molecular complexity index is 590. The lowest BCUT2D eigenvalue weighted by atomic mass is 10.3. The van der Waals surface area contributed by atoms with E-state index in [0.717, 1.165) is 6.07 Å². The second-order valence-corrected chi connectivity index (χ2v) is 5.01. The monoisotopic (exact) mass is 350 g/mol. The van der Waals surface area contributed by atoms with E-state index in [0.29, 0.717) is 10.2 Å². The number of hydrogen-bond acceptors (Lipinski definition) is 3. The normalized spacial score (nSPS) is 10.5. The van der Waals surface area contributed by atoms with E-state index in [-0.39, 0.29) is 21.9 Å². The molecule has 2 rings (SSSR count). The van der Waals surface area contributed by atoms with Crippen molar-refractivity contribution in [2.24, 2.45) is 0 Å². The molecule has 0 aliphatic carbocycles. The molecule has 0 spiro atoms. The summed E-state index contributed by atoms with van der Waals surface area (Å²) in [5.41, 5.74) is 0.649. The Morgan fingerprint density at radius 3 is 2.61 bits per heavy atom. The van der Waals surface area contributed by atoms with Crippen LogP contribution in [0.4, 0.5) is 4.39 Å². The number of aryl methyl sites for hydroxylation is 1. The van der Waals surface area contributed by atoms with Gasteiger partial charge in [0.05, 0.1) is 9.50 Å². The molecule has 0 fully saturated rings. The maximum absolute atomic E-state index is 13.3. The van der Waals surface area contributed by atoms with Crippen molar-refractivity contribution >= 4 is 39.1 Å². The van der Waals surface area contributed by atoms with Crippen LogP contribution in [0.1, 0.15) is 5.69 Å². The molecule has 1 aromatic carbocycles. The first-order chi connectivity index (χ1) is 8.45. The standard InChI is InChI=1S/C11H6BrCl2FN2O/c1-5-2-10(17-11(14)16-5)18-9-4-8(15)7(13)3-6(9)12/h2-4H,1H3. The topological polar surface area (TPSA) is 35.0 Å². The Labute approximate surface area is 121 Å². The summed E-state index contributed by atoms with van der Waals surface area (Å²) >= 11 is 14.6. The van der Waals surface area contributed by atoms with Crippen molar-refractivity contribution in [2.45, 2.75) is 6.92 Å². The van der Waals surface area contributed by atoms with Crippen LogP contribution in [-0.2, 0) is 0 Å². The molecule has 0 amide bonds. The Morgan fingerprint density at radius 2 is 1.94 bits per heavy atom. The third-order valence-corrected chi connectivity index (χ3v) is 3.07. The molecule has 2 aromatic rings. The van der Waals surface area contributed by atoms with E-state index in [1.165, 1.54) is 6.07 Å². The van der Waals surface area contributed by atoms with Gasteiger partial charge in [-0.3, -0.25) is 0 Å². The molecule has 7 heteroatoms. The van der Waals surface area contributed by atoms with Crippen molar-refractivity contribution in [3.8, 4) is 11.6 Å². The number of nitrogens with zero attached hydrogens (tertiary/aromatic N) is 2. The van der Waals surface area contributed by atoms with Gasteiger partial charge in [-0.2, -0.15) is 4.98 Å². The lowest BCUT2D eigenvalue weighted by Crippen LogP contribution is -1.94. The summed E-state index contributed by atoms with van der Waals surface area (Å²) in [6.45, 7) is 1.75. The van der Waals surface area contributed by atoms with Crippen molar-refractivity contribution in [3.05, 3.63) is 44.5 Å². The highest BCUT2D eigenvalue weighted by atomic mass is 79.9. The van der Waals surface area contributed by atoms with Gasteiger partial charge >= 0.3 is 0 Å². The Kier molecular flexibility index (Phi) is 4.04. The van der Waals surface area contributed by atoms with Gasteiger partial charge in [-0.15, -0.1) is 0 Å². The molecular weight excluding hydrogens is 346 g/mol. The molecular formula is C11H6BrCl2FN2O. The molecule has 1 heterocycles. The highest BCUT2D eigenvalue weighted by Crippen LogP contribution is 2.33. The molecule has 0 unspecified atom stereocenters. The molecule has 0 saturated carbocycles. The van der Waals surface area contributed by atoms with Gasteiger partial charge in [0, 0.05) is 17.8 Å². The van der Waals surface area contributed by atoms with E-state index in [2.05, 4.69) is 25.9 Å². The van der Waals surface area contributed by atoms with Crippen molar-refractivity contribution < 1.29 is 9.13 Å². The van der Waals surface area contributed by atoms with Gasteiger partial charge in [-0.05, 0) is 40.5 Å². The first kappa shape index (κ1) is 13.5. The lowest BCUT2D eigenvalue weighted by Gasteiger charge is -2.08. The molecule has 18 heavy (non-hydrogen) atoms. The minimum absolute atomic E-state index is 0.00567. The zero-order valence-electron chi connectivity index (χ0n) is 9.05. The highest BCUT2D eigenvalue weighted by molar-refractivity contribution is 9.10. The summed E-state index contributed by atoms with van der Waals surface area (Å²) in [6, 6.07) is 4.16. The summed E-state index contributed by atoms with van der Waals surface area (Å²) < 4.78 is 19.3. The maximum Gasteiger partial charge on any atom is 0.225 e. The number of halogens is 4. The number of rotatable bonds is 2. The molecule has 0 radical (unpaired) electrons. The van der Waals surface area contributed by atoms with E-state index in [4.69, 9.17) is 27.9 Å². The fourth-order valence-corrected chi connectivity index (χ4v) is 2.19. The van der Waals surface area contributed by atoms with Crippen molar-refractivity contribution in [1.82, 2.24) is 9.97 Å². The van der Waals surface area contributed by atoms with Crippen LogP contribution in [0.25, 0.3) is 0 Å². The summed E-state index contributed by atoms with van der Waals surface area (Å²) in [7, 11) is 0. The Hall–Kier alpha value is -0.910. The summed E-state index contributed by atoms with van der Waals surface area (Å²) in [6.07, 6.45) is 0. The molecule has 0 atom stereocenters.